The summed E-state index contributed by atoms with van der Waals surface area (Å²) in [5.74, 6) is 0.611. The Kier molecular flexibility index (Phi) is 3.56. The van der Waals surface area contributed by atoms with Crippen molar-refractivity contribution in [3.05, 3.63) is 59.7 Å². The van der Waals surface area contributed by atoms with Crippen LogP contribution >= 0.6 is 11.8 Å². The number of carbonyl (C=O) groups excluding carboxylic acids is 2. The first kappa shape index (κ1) is 12.9. The monoisotopic (exact) mass is 283 g/mol. The summed E-state index contributed by atoms with van der Waals surface area (Å²) in [6, 6.07) is 14.9. The number of nitrogens with one attached hydrogen (secondary N) is 1. The minimum atomic E-state index is -0.129. The Bertz CT molecular complexity index is 669. The van der Waals surface area contributed by atoms with E-state index >= 15 is 0 Å². The molecule has 1 N–H and O–H groups in total. The van der Waals surface area contributed by atoms with Gasteiger partial charge in [0.15, 0.2) is 0 Å². The fraction of sp³-hybridized carbons (Fsp3) is 0.125. The van der Waals surface area contributed by atoms with Gasteiger partial charge in [0, 0.05) is 21.9 Å². The molecule has 1 amide bonds. The third-order valence-electron chi connectivity index (χ3n) is 3.31. The van der Waals surface area contributed by atoms with Crippen LogP contribution in [0, 0.1) is 0 Å². The summed E-state index contributed by atoms with van der Waals surface area (Å²) in [5.41, 5.74) is 2.31. The molecule has 0 aromatic heterocycles. The van der Waals surface area contributed by atoms with E-state index in [1.165, 1.54) is 4.90 Å². The fourth-order valence-electron chi connectivity index (χ4n) is 2.30. The van der Waals surface area contributed by atoms with E-state index in [1.54, 1.807) is 36.0 Å². The predicted octanol–water partition coefficient (Wildman–Crippen LogP) is 3.33. The molecule has 3 rings (SSSR count). The van der Waals surface area contributed by atoms with E-state index in [0.717, 1.165) is 17.6 Å². The second kappa shape index (κ2) is 5.51. The number of carbonyl (C=O) groups is 2. The Labute approximate surface area is 121 Å². The third-order valence-corrected chi connectivity index (χ3v) is 4.49. The van der Waals surface area contributed by atoms with Crippen LogP contribution in [0.3, 0.4) is 0 Å². The maximum absolute atomic E-state index is 12.4. The summed E-state index contributed by atoms with van der Waals surface area (Å²) < 4.78 is 0. The number of fused-ring (bicyclic) bond motifs is 1. The first-order valence-electron chi connectivity index (χ1n) is 6.36. The van der Waals surface area contributed by atoms with Crippen molar-refractivity contribution in [3.63, 3.8) is 0 Å². The van der Waals surface area contributed by atoms with E-state index in [9.17, 15) is 9.59 Å². The molecule has 1 aliphatic heterocycles. The van der Waals surface area contributed by atoms with Gasteiger partial charge in [-0.2, -0.15) is 0 Å². The van der Waals surface area contributed by atoms with Crippen molar-refractivity contribution in [3.8, 4) is 0 Å². The van der Waals surface area contributed by atoms with Crippen molar-refractivity contribution in [1.82, 2.24) is 0 Å². The molecule has 2 aromatic carbocycles. The molecule has 100 valence electrons. The molecule has 0 fully saturated rings. The lowest BCUT2D eigenvalue weighted by atomic mass is 10.0. The van der Waals surface area contributed by atoms with Crippen molar-refractivity contribution in [2.24, 2.45) is 0 Å². The van der Waals surface area contributed by atoms with Gasteiger partial charge in [0.1, 0.15) is 6.29 Å². The molecule has 1 atom stereocenters. The second-order valence-corrected chi connectivity index (χ2v) is 5.70. The van der Waals surface area contributed by atoms with Crippen LogP contribution in [0.1, 0.15) is 21.8 Å². The molecule has 0 saturated heterocycles. The van der Waals surface area contributed by atoms with Gasteiger partial charge in [-0.15, -0.1) is 11.8 Å². The molecule has 2 aromatic rings. The van der Waals surface area contributed by atoms with Crippen LogP contribution < -0.4 is 5.32 Å². The van der Waals surface area contributed by atoms with Crippen LogP contribution in [0.15, 0.2) is 53.4 Å². The van der Waals surface area contributed by atoms with Crippen LogP contribution in [0.2, 0.25) is 0 Å². The van der Waals surface area contributed by atoms with Crippen LogP contribution in [0.25, 0.3) is 0 Å². The van der Waals surface area contributed by atoms with Gasteiger partial charge in [-0.25, -0.2) is 0 Å². The maximum atomic E-state index is 12.4. The van der Waals surface area contributed by atoms with Crippen molar-refractivity contribution >= 4 is 29.6 Å². The van der Waals surface area contributed by atoms with E-state index < -0.39 is 0 Å². The van der Waals surface area contributed by atoms with Crippen molar-refractivity contribution < 1.29 is 9.59 Å². The van der Waals surface area contributed by atoms with Gasteiger partial charge in [-0.05, 0) is 23.8 Å². The highest BCUT2D eigenvalue weighted by molar-refractivity contribution is 7.99. The van der Waals surface area contributed by atoms with E-state index in [0.29, 0.717) is 11.3 Å². The zero-order valence-corrected chi connectivity index (χ0v) is 11.5. The Morgan fingerprint density at radius 2 is 2.05 bits per heavy atom. The van der Waals surface area contributed by atoms with Crippen LogP contribution in [-0.2, 0) is 4.79 Å². The lowest BCUT2D eigenvalue weighted by Crippen LogP contribution is -2.21. The Balaban J connectivity index is 1.79. The quantitative estimate of drug-likeness (QED) is 0.879. The first-order valence-corrected chi connectivity index (χ1v) is 7.34. The summed E-state index contributed by atoms with van der Waals surface area (Å²) in [6.45, 7) is 0. The number of benzene rings is 2. The largest absolute Gasteiger partial charge is 0.326 e. The number of amides is 1. The van der Waals surface area contributed by atoms with Crippen LogP contribution in [-0.4, -0.2) is 17.9 Å². The lowest BCUT2D eigenvalue weighted by molar-refractivity contribution is -0.117. The van der Waals surface area contributed by atoms with Crippen molar-refractivity contribution in [2.75, 3.05) is 11.1 Å². The number of hydrogen-bond donors (Lipinski definition) is 1. The maximum Gasteiger partial charge on any atom is 0.232 e. The van der Waals surface area contributed by atoms with Crippen LogP contribution in [0.5, 0.6) is 0 Å². The summed E-state index contributed by atoms with van der Waals surface area (Å²) >= 11 is 1.71. The topological polar surface area (TPSA) is 46.2 Å². The standard InChI is InChI=1S/C16H13NO2S/c18-9-11-4-3-5-12(8-11)17-16(19)14-10-20-15-7-2-1-6-13(14)15/h1-9,14H,10H2,(H,17,19). The van der Waals surface area contributed by atoms with Gasteiger partial charge < -0.3 is 5.32 Å². The zero-order valence-electron chi connectivity index (χ0n) is 10.7. The molecule has 0 aliphatic carbocycles. The lowest BCUT2D eigenvalue weighted by Gasteiger charge is -2.11. The van der Waals surface area contributed by atoms with E-state index in [4.69, 9.17) is 0 Å². The molecule has 1 aliphatic rings. The smallest absolute Gasteiger partial charge is 0.232 e. The first-order chi connectivity index (χ1) is 9.78. The van der Waals surface area contributed by atoms with Gasteiger partial charge in [0.05, 0.1) is 5.92 Å². The molecule has 0 saturated carbocycles. The van der Waals surface area contributed by atoms with E-state index in [1.807, 2.05) is 24.3 Å². The number of aldehydes is 1. The number of anilines is 1. The Hall–Kier alpha value is -2.07. The van der Waals surface area contributed by atoms with E-state index in [2.05, 4.69) is 5.32 Å². The summed E-state index contributed by atoms with van der Waals surface area (Å²) in [4.78, 5) is 24.3. The molecule has 0 spiro atoms. The number of thioether (sulfide) groups is 1. The van der Waals surface area contributed by atoms with Gasteiger partial charge >= 0.3 is 0 Å². The van der Waals surface area contributed by atoms with Gasteiger partial charge in [-0.3, -0.25) is 9.59 Å². The number of rotatable bonds is 3. The number of hydrogen-bond acceptors (Lipinski definition) is 3. The molecule has 3 nitrogen and oxygen atoms in total. The molecule has 1 unspecified atom stereocenters. The SMILES string of the molecule is O=Cc1cccc(NC(=O)C2CSc3ccccc32)c1. The molecule has 0 bridgehead atoms. The summed E-state index contributed by atoms with van der Waals surface area (Å²) in [7, 11) is 0. The highest BCUT2D eigenvalue weighted by atomic mass is 32.2. The summed E-state index contributed by atoms with van der Waals surface area (Å²) in [6.07, 6.45) is 0.774. The molecule has 0 radical (unpaired) electrons. The molecular formula is C16H13NO2S. The van der Waals surface area contributed by atoms with Gasteiger partial charge in [0.2, 0.25) is 5.91 Å². The van der Waals surface area contributed by atoms with Gasteiger partial charge in [0.25, 0.3) is 0 Å². The molecule has 1 heterocycles. The molecule has 4 heteroatoms. The van der Waals surface area contributed by atoms with E-state index in [-0.39, 0.29) is 11.8 Å². The van der Waals surface area contributed by atoms with Gasteiger partial charge in [-0.1, -0.05) is 30.3 Å². The predicted molar refractivity (Wildman–Crippen MR) is 80.4 cm³/mol. The fourth-order valence-corrected chi connectivity index (χ4v) is 3.53. The van der Waals surface area contributed by atoms with Crippen molar-refractivity contribution in [2.45, 2.75) is 10.8 Å². The minimum Gasteiger partial charge on any atom is -0.326 e. The Morgan fingerprint density at radius 3 is 2.90 bits per heavy atom. The Morgan fingerprint density at radius 1 is 1.20 bits per heavy atom. The zero-order chi connectivity index (χ0) is 13.9. The minimum absolute atomic E-state index is 0.0227. The van der Waals surface area contributed by atoms with Crippen LogP contribution in [0.4, 0.5) is 5.69 Å². The molecule has 20 heavy (non-hydrogen) atoms. The van der Waals surface area contributed by atoms with Crippen molar-refractivity contribution in [1.29, 1.82) is 0 Å². The molecular weight excluding hydrogens is 270 g/mol. The normalized spacial score (nSPS) is 16.5. The second-order valence-electron chi connectivity index (χ2n) is 4.63. The summed E-state index contributed by atoms with van der Waals surface area (Å²) in [5, 5.41) is 2.89. The third kappa shape index (κ3) is 2.47. The average Bonchev–Trinajstić information content (AvgIpc) is 2.91. The average molecular weight is 283 g/mol. The highest BCUT2D eigenvalue weighted by Gasteiger charge is 2.28. The highest BCUT2D eigenvalue weighted by Crippen LogP contribution is 2.39.